The Morgan fingerprint density at radius 3 is 2.83 bits per heavy atom. The summed E-state index contributed by atoms with van der Waals surface area (Å²) in [5, 5.41) is 11.9. The van der Waals surface area contributed by atoms with Crippen molar-refractivity contribution in [3.8, 4) is 0 Å². The highest BCUT2D eigenvalue weighted by atomic mass is 16.3. The topological polar surface area (TPSA) is 95.7 Å². The van der Waals surface area contributed by atoms with Crippen LogP contribution < -0.4 is 11.1 Å². The number of nitrogens with zero attached hydrogens (tertiary/aromatic N) is 1. The van der Waals surface area contributed by atoms with Gasteiger partial charge in [-0.15, -0.1) is 0 Å². The van der Waals surface area contributed by atoms with Crippen molar-refractivity contribution in [3.63, 3.8) is 0 Å². The lowest BCUT2D eigenvalue weighted by molar-refractivity contribution is -0.148. The van der Waals surface area contributed by atoms with E-state index in [2.05, 4.69) is 5.32 Å². The zero-order chi connectivity index (χ0) is 13.5. The van der Waals surface area contributed by atoms with E-state index in [4.69, 9.17) is 5.73 Å². The molecule has 0 aromatic heterocycles. The molecule has 1 aliphatic rings. The molecule has 18 heavy (non-hydrogen) atoms. The molecule has 2 amide bonds. The fourth-order valence-electron chi connectivity index (χ4n) is 2.30. The third-order valence-electron chi connectivity index (χ3n) is 3.13. The predicted molar refractivity (Wildman–Crippen MR) is 67.7 cm³/mol. The fourth-order valence-corrected chi connectivity index (χ4v) is 2.30. The summed E-state index contributed by atoms with van der Waals surface area (Å²) >= 11 is 0. The molecule has 2 unspecified atom stereocenters. The largest absolute Gasteiger partial charge is 0.393 e. The Morgan fingerprint density at radius 2 is 2.22 bits per heavy atom. The number of carbonyl (C=O) groups is 2. The van der Waals surface area contributed by atoms with Crippen LogP contribution in [0.3, 0.4) is 0 Å². The maximum atomic E-state index is 12.0. The van der Waals surface area contributed by atoms with E-state index >= 15 is 0 Å². The lowest BCUT2D eigenvalue weighted by atomic mass is 9.97. The summed E-state index contributed by atoms with van der Waals surface area (Å²) in [6.45, 7) is 2.91. The highest BCUT2D eigenvalue weighted by molar-refractivity contribution is 6.35. The van der Waals surface area contributed by atoms with Gasteiger partial charge < -0.3 is 21.1 Å². The van der Waals surface area contributed by atoms with Gasteiger partial charge in [-0.1, -0.05) is 0 Å². The quantitative estimate of drug-likeness (QED) is 0.575. The van der Waals surface area contributed by atoms with E-state index < -0.39 is 17.9 Å². The van der Waals surface area contributed by atoms with Crippen LogP contribution in [0.15, 0.2) is 0 Å². The number of aliphatic hydroxyl groups excluding tert-OH is 1. The second-order valence-electron chi connectivity index (χ2n) is 4.78. The van der Waals surface area contributed by atoms with E-state index in [0.29, 0.717) is 26.1 Å². The van der Waals surface area contributed by atoms with Crippen molar-refractivity contribution >= 4 is 11.8 Å². The minimum absolute atomic E-state index is 0.0325. The van der Waals surface area contributed by atoms with Crippen LogP contribution in [0.5, 0.6) is 0 Å². The number of hydrogen-bond acceptors (Lipinski definition) is 4. The van der Waals surface area contributed by atoms with Crippen molar-refractivity contribution in [3.05, 3.63) is 0 Å². The van der Waals surface area contributed by atoms with Gasteiger partial charge in [0.25, 0.3) is 0 Å². The average molecular weight is 257 g/mol. The standard InChI is InChI=1S/C12H23N3O3/c1-9(16)8-10-4-2-3-7-15(10)12(18)11(17)14-6-5-13/h9-10,16H,2-8,13H2,1H3,(H,14,17). The summed E-state index contributed by atoms with van der Waals surface area (Å²) in [6.07, 6.45) is 2.85. The third-order valence-corrected chi connectivity index (χ3v) is 3.13. The molecule has 0 radical (unpaired) electrons. The maximum absolute atomic E-state index is 12.0. The second-order valence-corrected chi connectivity index (χ2v) is 4.78. The Kier molecular flexibility index (Phi) is 6.07. The van der Waals surface area contributed by atoms with Crippen molar-refractivity contribution < 1.29 is 14.7 Å². The molecule has 0 spiro atoms. The number of hydrogen-bond donors (Lipinski definition) is 3. The van der Waals surface area contributed by atoms with Crippen molar-refractivity contribution in [1.82, 2.24) is 10.2 Å². The van der Waals surface area contributed by atoms with Crippen LogP contribution in [0.2, 0.25) is 0 Å². The van der Waals surface area contributed by atoms with Gasteiger partial charge in [-0.25, -0.2) is 0 Å². The summed E-state index contributed by atoms with van der Waals surface area (Å²) < 4.78 is 0. The molecule has 1 heterocycles. The zero-order valence-corrected chi connectivity index (χ0v) is 10.9. The predicted octanol–water partition coefficient (Wildman–Crippen LogP) is -0.787. The first-order valence-corrected chi connectivity index (χ1v) is 6.53. The molecule has 0 saturated carbocycles. The molecule has 2 atom stereocenters. The number of rotatable bonds is 4. The molecular formula is C12H23N3O3. The molecular weight excluding hydrogens is 234 g/mol. The smallest absolute Gasteiger partial charge is 0.312 e. The molecule has 1 fully saturated rings. The lowest BCUT2D eigenvalue weighted by Crippen LogP contribution is -2.51. The number of aliphatic hydroxyl groups is 1. The Morgan fingerprint density at radius 1 is 1.50 bits per heavy atom. The summed E-state index contributed by atoms with van der Waals surface area (Å²) in [6, 6.07) is -0.0325. The van der Waals surface area contributed by atoms with Crippen LogP contribution in [0.1, 0.15) is 32.6 Å². The summed E-state index contributed by atoms with van der Waals surface area (Å²) in [5.41, 5.74) is 5.28. The highest BCUT2D eigenvalue weighted by Crippen LogP contribution is 2.21. The number of amides is 2. The monoisotopic (exact) mass is 257 g/mol. The number of likely N-dealkylation sites (tertiary alicyclic amines) is 1. The van der Waals surface area contributed by atoms with E-state index in [1.807, 2.05) is 0 Å². The number of piperidine rings is 1. The number of nitrogens with one attached hydrogen (secondary N) is 1. The van der Waals surface area contributed by atoms with Gasteiger partial charge in [0.05, 0.1) is 6.10 Å². The van der Waals surface area contributed by atoms with Gasteiger partial charge in [0, 0.05) is 25.7 Å². The molecule has 1 rings (SSSR count). The van der Waals surface area contributed by atoms with Gasteiger partial charge >= 0.3 is 11.8 Å². The zero-order valence-electron chi connectivity index (χ0n) is 10.9. The van der Waals surface area contributed by atoms with E-state index in [9.17, 15) is 14.7 Å². The molecule has 0 aliphatic carbocycles. The molecule has 6 heteroatoms. The van der Waals surface area contributed by atoms with Crippen LogP contribution in [0, 0.1) is 0 Å². The van der Waals surface area contributed by atoms with Gasteiger partial charge in [0.15, 0.2) is 0 Å². The van der Waals surface area contributed by atoms with Crippen LogP contribution in [0.25, 0.3) is 0 Å². The average Bonchev–Trinajstić information content (AvgIpc) is 2.35. The lowest BCUT2D eigenvalue weighted by Gasteiger charge is -2.35. The molecule has 0 aromatic rings. The van der Waals surface area contributed by atoms with E-state index in [0.717, 1.165) is 19.3 Å². The third kappa shape index (κ3) is 4.27. The second kappa shape index (κ2) is 7.33. The number of nitrogens with two attached hydrogens (primary N) is 1. The Hall–Kier alpha value is -1.14. The first-order valence-electron chi connectivity index (χ1n) is 6.53. The van der Waals surface area contributed by atoms with Crippen LogP contribution in [-0.4, -0.2) is 53.6 Å². The highest BCUT2D eigenvalue weighted by Gasteiger charge is 2.30. The van der Waals surface area contributed by atoms with Gasteiger partial charge in [-0.05, 0) is 32.6 Å². The van der Waals surface area contributed by atoms with Gasteiger partial charge in [-0.2, -0.15) is 0 Å². The van der Waals surface area contributed by atoms with E-state index in [1.165, 1.54) is 0 Å². The molecule has 4 N–H and O–H groups in total. The van der Waals surface area contributed by atoms with Crippen LogP contribution in [-0.2, 0) is 9.59 Å². The fraction of sp³-hybridized carbons (Fsp3) is 0.833. The van der Waals surface area contributed by atoms with Gasteiger partial charge in [0.1, 0.15) is 0 Å². The number of carbonyl (C=O) groups excluding carboxylic acids is 2. The Bertz CT molecular complexity index is 294. The molecule has 0 aromatic carbocycles. The summed E-state index contributed by atoms with van der Waals surface area (Å²) in [7, 11) is 0. The molecule has 1 saturated heterocycles. The van der Waals surface area contributed by atoms with Gasteiger partial charge in [0.2, 0.25) is 0 Å². The van der Waals surface area contributed by atoms with E-state index in [-0.39, 0.29) is 6.04 Å². The van der Waals surface area contributed by atoms with Crippen molar-refractivity contribution in [2.45, 2.75) is 44.8 Å². The molecule has 6 nitrogen and oxygen atoms in total. The minimum Gasteiger partial charge on any atom is -0.393 e. The van der Waals surface area contributed by atoms with Crippen LogP contribution in [0.4, 0.5) is 0 Å². The van der Waals surface area contributed by atoms with Crippen molar-refractivity contribution in [1.29, 1.82) is 0 Å². The Balaban J connectivity index is 2.59. The SMILES string of the molecule is CC(O)CC1CCCCN1C(=O)C(=O)NCCN. The minimum atomic E-state index is -0.599. The normalized spacial score (nSPS) is 21.5. The van der Waals surface area contributed by atoms with E-state index in [1.54, 1.807) is 11.8 Å². The molecule has 104 valence electrons. The summed E-state index contributed by atoms with van der Waals surface area (Å²) in [4.78, 5) is 25.2. The first kappa shape index (κ1) is 14.9. The first-order chi connectivity index (χ1) is 8.56. The maximum Gasteiger partial charge on any atom is 0.312 e. The van der Waals surface area contributed by atoms with Crippen molar-refractivity contribution in [2.24, 2.45) is 5.73 Å². The van der Waals surface area contributed by atoms with Crippen LogP contribution >= 0.6 is 0 Å². The van der Waals surface area contributed by atoms with Gasteiger partial charge in [-0.3, -0.25) is 9.59 Å². The summed E-state index contributed by atoms with van der Waals surface area (Å²) in [5.74, 6) is -1.10. The molecule has 0 bridgehead atoms. The Labute approximate surface area is 108 Å². The molecule has 1 aliphatic heterocycles. The van der Waals surface area contributed by atoms with Crippen molar-refractivity contribution in [2.75, 3.05) is 19.6 Å².